The van der Waals surface area contributed by atoms with Crippen LogP contribution in [0.2, 0.25) is 0 Å². The maximum Gasteiger partial charge on any atom is 0.221 e. The molecule has 0 bridgehead atoms. The zero-order chi connectivity index (χ0) is 15.5. The van der Waals surface area contributed by atoms with Gasteiger partial charge in [-0.3, -0.25) is 4.79 Å². The lowest BCUT2D eigenvalue weighted by Crippen LogP contribution is -2.27. The van der Waals surface area contributed by atoms with Crippen LogP contribution in [0.25, 0.3) is 0 Å². The van der Waals surface area contributed by atoms with Gasteiger partial charge in [-0.25, -0.2) is 8.42 Å². The van der Waals surface area contributed by atoms with Crippen molar-refractivity contribution < 1.29 is 13.2 Å². The Kier molecular flexibility index (Phi) is 4.83. The Bertz CT molecular complexity index is 632. The molecule has 1 N–H and O–H groups in total. The van der Waals surface area contributed by atoms with Gasteiger partial charge in [0, 0.05) is 12.7 Å². The molecule has 2 atom stereocenters. The minimum absolute atomic E-state index is 0.0336. The van der Waals surface area contributed by atoms with E-state index in [2.05, 4.69) is 17.5 Å². The van der Waals surface area contributed by atoms with Crippen LogP contribution in [-0.2, 0) is 14.6 Å². The van der Waals surface area contributed by atoms with Crippen molar-refractivity contribution in [1.82, 2.24) is 5.32 Å². The van der Waals surface area contributed by atoms with Crippen LogP contribution < -0.4 is 5.32 Å². The van der Waals surface area contributed by atoms with Crippen molar-refractivity contribution in [2.24, 2.45) is 5.92 Å². The van der Waals surface area contributed by atoms with Crippen LogP contribution >= 0.6 is 0 Å². The predicted octanol–water partition coefficient (Wildman–Crippen LogP) is 2.62. The fourth-order valence-electron chi connectivity index (χ4n) is 2.49. The van der Waals surface area contributed by atoms with Crippen molar-refractivity contribution in [3.05, 3.63) is 42.0 Å². The third-order valence-electron chi connectivity index (χ3n) is 3.75. The van der Waals surface area contributed by atoms with Crippen molar-refractivity contribution >= 4 is 15.7 Å². The molecule has 2 rings (SSSR count). The minimum atomic E-state index is -3.18. The van der Waals surface area contributed by atoms with Crippen molar-refractivity contribution in [3.8, 4) is 0 Å². The number of sulfone groups is 1. The highest BCUT2D eigenvalue weighted by Crippen LogP contribution is 2.21. The van der Waals surface area contributed by atoms with E-state index in [0.29, 0.717) is 17.2 Å². The van der Waals surface area contributed by atoms with E-state index in [4.69, 9.17) is 0 Å². The summed E-state index contributed by atoms with van der Waals surface area (Å²) in [5, 5.41) is 2.96. The first kappa shape index (κ1) is 15.8. The van der Waals surface area contributed by atoms with E-state index in [1.165, 1.54) is 6.26 Å². The van der Waals surface area contributed by atoms with Crippen LogP contribution in [0.15, 0.2) is 41.3 Å². The first-order valence-electron chi connectivity index (χ1n) is 7.12. The van der Waals surface area contributed by atoms with E-state index in [9.17, 15) is 13.2 Å². The lowest BCUT2D eigenvalue weighted by Gasteiger charge is -2.16. The molecule has 0 saturated carbocycles. The van der Waals surface area contributed by atoms with Gasteiger partial charge in [0.05, 0.1) is 10.9 Å². The number of hydrogen-bond donors (Lipinski definition) is 1. The van der Waals surface area contributed by atoms with E-state index in [1.54, 1.807) is 24.3 Å². The Hall–Kier alpha value is -1.62. The van der Waals surface area contributed by atoms with Gasteiger partial charge in [-0.15, -0.1) is 0 Å². The molecule has 0 heterocycles. The summed E-state index contributed by atoms with van der Waals surface area (Å²) in [5.74, 6) is 0.385. The van der Waals surface area contributed by atoms with Gasteiger partial charge in [-0.1, -0.05) is 24.3 Å². The topological polar surface area (TPSA) is 63.2 Å². The molecule has 0 aromatic heterocycles. The van der Waals surface area contributed by atoms with Crippen LogP contribution in [0.1, 0.15) is 37.8 Å². The molecule has 0 spiro atoms. The molecule has 4 nitrogen and oxygen atoms in total. The smallest absolute Gasteiger partial charge is 0.221 e. The summed E-state index contributed by atoms with van der Waals surface area (Å²) in [6, 6.07) is 6.52. The molecule has 1 aromatic rings. The number of carbonyl (C=O) groups excluding carboxylic acids is 1. The molecule has 0 fully saturated rings. The van der Waals surface area contributed by atoms with Gasteiger partial charge in [0.25, 0.3) is 0 Å². The summed E-state index contributed by atoms with van der Waals surface area (Å²) < 4.78 is 22.8. The molecule has 114 valence electrons. The monoisotopic (exact) mass is 307 g/mol. The molecule has 1 aliphatic rings. The van der Waals surface area contributed by atoms with Crippen molar-refractivity contribution in [2.75, 3.05) is 6.26 Å². The van der Waals surface area contributed by atoms with Crippen LogP contribution in [0.3, 0.4) is 0 Å². The average molecular weight is 307 g/mol. The van der Waals surface area contributed by atoms with Crippen molar-refractivity contribution in [1.29, 1.82) is 0 Å². The highest BCUT2D eigenvalue weighted by Gasteiger charge is 2.16. The number of nitrogens with one attached hydrogen (secondary N) is 1. The molecule has 5 heteroatoms. The minimum Gasteiger partial charge on any atom is -0.350 e. The number of amides is 1. The van der Waals surface area contributed by atoms with Crippen LogP contribution in [0.4, 0.5) is 0 Å². The van der Waals surface area contributed by atoms with Gasteiger partial charge < -0.3 is 5.32 Å². The van der Waals surface area contributed by atoms with E-state index >= 15 is 0 Å². The Morgan fingerprint density at radius 3 is 2.52 bits per heavy atom. The van der Waals surface area contributed by atoms with E-state index < -0.39 is 9.84 Å². The Morgan fingerprint density at radius 2 is 2.00 bits per heavy atom. The van der Waals surface area contributed by atoms with Crippen LogP contribution in [0, 0.1) is 5.92 Å². The van der Waals surface area contributed by atoms with Gasteiger partial charge in [0.2, 0.25) is 5.91 Å². The fourth-order valence-corrected chi connectivity index (χ4v) is 3.12. The lowest BCUT2D eigenvalue weighted by atomic mass is 10.0. The third-order valence-corrected chi connectivity index (χ3v) is 4.87. The molecule has 0 radical (unpaired) electrons. The molecule has 1 aliphatic carbocycles. The lowest BCUT2D eigenvalue weighted by molar-refractivity contribution is -0.122. The summed E-state index contributed by atoms with van der Waals surface area (Å²) in [4.78, 5) is 12.3. The van der Waals surface area contributed by atoms with Gasteiger partial charge in [0.15, 0.2) is 9.84 Å². The summed E-state index contributed by atoms with van der Waals surface area (Å²) >= 11 is 0. The second-order valence-corrected chi connectivity index (χ2v) is 7.62. The van der Waals surface area contributed by atoms with Crippen molar-refractivity contribution in [2.45, 2.75) is 37.1 Å². The summed E-state index contributed by atoms with van der Waals surface area (Å²) in [6.45, 7) is 1.90. The Morgan fingerprint density at radius 1 is 1.33 bits per heavy atom. The number of hydrogen-bond acceptors (Lipinski definition) is 3. The molecule has 0 unspecified atom stereocenters. The first-order valence-corrected chi connectivity index (χ1v) is 9.01. The zero-order valence-electron chi connectivity index (χ0n) is 12.4. The second kappa shape index (κ2) is 6.43. The SMILES string of the molecule is C[C@H](NC(=O)C[C@@H]1C=CCC1)c1ccc(S(C)(=O)=O)cc1. The molecule has 1 amide bonds. The average Bonchev–Trinajstić information content (AvgIpc) is 2.90. The highest BCUT2D eigenvalue weighted by molar-refractivity contribution is 7.90. The summed E-state index contributed by atoms with van der Waals surface area (Å²) in [5.41, 5.74) is 0.901. The fraction of sp³-hybridized carbons (Fsp3) is 0.438. The quantitative estimate of drug-likeness (QED) is 0.851. The van der Waals surface area contributed by atoms with Crippen LogP contribution in [0.5, 0.6) is 0 Å². The third kappa shape index (κ3) is 4.43. The molecule has 0 aliphatic heterocycles. The summed E-state index contributed by atoms with van der Waals surface area (Å²) in [6.07, 6.45) is 8.02. The molecular weight excluding hydrogens is 286 g/mol. The Labute approximate surface area is 126 Å². The van der Waals surface area contributed by atoms with E-state index in [-0.39, 0.29) is 11.9 Å². The Balaban J connectivity index is 1.94. The number of carbonyl (C=O) groups is 1. The zero-order valence-corrected chi connectivity index (χ0v) is 13.2. The summed E-state index contributed by atoms with van der Waals surface area (Å²) in [7, 11) is -3.18. The standard InChI is InChI=1S/C16H21NO3S/c1-12(17-16(18)11-13-5-3-4-6-13)14-7-9-15(10-8-14)21(2,19)20/h3,5,7-10,12-13H,4,6,11H2,1-2H3,(H,17,18)/t12-,13+/m0/s1. The van der Waals surface area contributed by atoms with E-state index in [0.717, 1.165) is 18.4 Å². The normalized spacial score (nSPS) is 19.4. The van der Waals surface area contributed by atoms with Gasteiger partial charge >= 0.3 is 0 Å². The number of allylic oxidation sites excluding steroid dienone is 2. The van der Waals surface area contributed by atoms with Crippen LogP contribution in [-0.4, -0.2) is 20.6 Å². The predicted molar refractivity (Wildman–Crippen MR) is 82.6 cm³/mol. The maximum atomic E-state index is 12.0. The highest BCUT2D eigenvalue weighted by atomic mass is 32.2. The van der Waals surface area contributed by atoms with E-state index in [1.807, 2.05) is 6.92 Å². The van der Waals surface area contributed by atoms with Gasteiger partial charge in [-0.05, 0) is 43.4 Å². The van der Waals surface area contributed by atoms with Gasteiger partial charge in [0.1, 0.15) is 0 Å². The largest absolute Gasteiger partial charge is 0.350 e. The van der Waals surface area contributed by atoms with Crippen molar-refractivity contribution in [3.63, 3.8) is 0 Å². The number of benzene rings is 1. The van der Waals surface area contributed by atoms with Gasteiger partial charge in [-0.2, -0.15) is 0 Å². The second-order valence-electron chi connectivity index (χ2n) is 5.60. The number of rotatable bonds is 5. The molecule has 1 aromatic carbocycles. The maximum absolute atomic E-state index is 12.0. The molecule has 21 heavy (non-hydrogen) atoms. The molecular formula is C16H21NO3S. The first-order chi connectivity index (χ1) is 9.86. The molecule has 0 saturated heterocycles.